The van der Waals surface area contributed by atoms with Crippen molar-refractivity contribution in [1.29, 1.82) is 0 Å². The largest absolute Gasteiger partial charge is 0.373 e. The molecule has 0 aliphatic carbocycles. The van der Waals surface area contributed by atoms with E-state index in [0.717, 1.165) is 0 Å². The van der Waals surface area contributed by atoms with Crippen LogP contribution < -0.4 is 11.1 Å². The van der Waals surface area contributed by atoms with E-state index in [1.807, 2.05) is 20.8 Å². The third-order valence-corrected chi connectivity index (χ3v) is 1.89. The summed E-state index contributed by atoms with van der Waals surface area (Å²) in [6.45, 7) is 7.81. The van der Waals surface area contributed by atoms with Crippen LogP contribution in [-0.2, 0) is 9.53 Å². The molecule has 0 heterocycles. The van der Waals surface area contributed by atoms with Crippen molar-refractivity contribution in [3.8, 4) is 0 Å². The smallest absolute Gasteiger partial charge is 0.239 e. The number of amides is 1. The maximum atomic E-state index is 11.0. The Bertz CT molecular complexity index is 187. The zero-order chi connectivity index (χ0) is 10.7. The van der Waals surface area contributed by atoms with Gasteiger partial charge in [0, 0.05) is 0 Å². The molecular formula is C9H20N2O2. The van der Waals surface area contributed by atoms with E-state index >= 15 is 0 Å². The van der Waals surface area contributed by atoms with Gasteiger partial charge in [-0.25, -0.2) is 0 Å². The van der Waals surface area contributed by atoms with Gasteiger partial charge in [0.25, 0.3) is 0 Å². The molecule has 0 aromatic carbocycles. The maximum Gasteiger partial charge on any atom is 0.239 e. The van der Waals surface area contributed by atoms with Gasteiger partial charge in [0.2, 0.25) is 5.91 Å². The molecule has 0 aliphatic rings. The van der Waals surface area contributed by atoms with Crippen molar-refractivity contribution in [2.75, 3.05) is 13.7 Å². The van der Waals surface area contributed by atoms with Crippen LogP contribution >= 0.6 is 0 Å². The summed E-state index contributed by atoms with van der Waals surface area (Å²) in [5.41, 5.74) is 4.19. The molecule has 0 aromatic rings. The van der Waals surface area contributed by atoms with Crippen molar-refractivity contribution >= 4 is 5.91 Å². The van der Waals surface area contributed by atoms with Crippen LogP contribution in [0.5, 0.6) is 0 Å². The first-order chi connectivity index (χ1) is 5.71. The minimum atomic E-state index is -0.784. The Balaban J connectivity index is 4.22. The lowest BCUT2D eigenvalue weighted by molar-refractivity contribution is -0.128. The minimum Gasteiger partial charge on any atom is -0.373 e. The molecule has 1 atom stereocenters. The van der Waals surface area contributed by atoms with E-state index in [0.29, 0.717) is 0 Å². The second-order valence-electron chi connectivity index (χ2n) is 4.35. The molecule has 1 unspecified atom stereocenters. The van der Waals surface area contributed by atoms with Crippen LogP contribution in [0.2, 0.25) is 0 Å². The van der Waals surface area contributed by atoms with E-state index < -0.39 is 11.4 Å². The second kappa shape index (κ2) is 4.07. The highest BCUT2D eigenvalue weighted by atomic mass is 16.5. The molecule has 0 spiro atoms. The zero-order valence-corrected chi connectivity index (χ0v) is 9.10. The van der Waals surface area contributed by atoms with Crippen molar-refractivity contribution in [3.05, 3.63) is 0 Å². The Morgan fingerprint density at radius 3 is 2.08 bits per heavy atom. The van der Waals surface area contributed by atoms with Gasteiger partial charge in [-0.3, -0.25) is 4.79 Å². The number of nitrogens with one attached hydrogen (secondary N) is 1. The third kappa shape index (κ3) is 4.24. The van der Waals surface area contributed by atoms with Crippen molar-refractivity contribution < 1.29 is 9.53 Å². The molecule has 0 radical (unpaired) electrons. The predicted molar refractivity (Wildman–Crippen MR) is 52.4 cm³/mol. The highest BCUT2D eigenvalue weighted by molar-refractivity contribution is 5.84. The molecule has 0 aromatic heterocycles. The van der Waals surface area contributed by atoms with E-state index in [9.17, 15) is 4.79 Å². The van der Waals surface area contributed by atoms with E-state index in [4.69, 9.17) is 10.5 Å². The summed E-state index contributed by atoms with van der Waals surface area (Å²) in [6, 6.07) is 0. The van der Waals surface area contributed by atoms with Gasteiger partial charge < -0.3 is 15.8 Å². The first-order valence-electron chi connectivity index (χ1n) is 4.34. The van der Waals surface area contributed by atoms with Crippen molar-refractivity contribution in [2.45, 2.75) is 38.8 Å². The van der Waals surface area contributed by atoms with E-state index in [-0.39, 0.29) is 12.2 Å². The molecule has 0 saturated carbocycles. The molecule has 0 saturated heterocycles. The first-order valence-corrected chi connectivity index (χ1v) is 4.34. The molecule has 0 bridgehead atoms. The van der Waals surface area contributed by atoms with Crippen molar-refractivity contribution in [2.24, 2.45) is 5.73 Å². The number of carbonyl (C=O) groups is 1. The fourth-order valence-corrected chi connectivity index (χ4v) is 0.627. The highest BCUT2D eigenvalue weighted by Crippen LogP contribution is 2.11. The van der Waals surface area contributed by atoms with Crippen LogP contribution in [-0.4, -0.2) is 30.7 Å². The standard InChI is InChI=1S/C9H20N2O2/c1-8(2,3)13-6-9(4,11-5)7(10)12/h11H,6H2,1-5H3,(H2,10,12). The minimum absolute atomic E-state index is 0.256. The monoisotopic (exact) mass is 188 g/mol. The van der Waals surface area contributed by atoms with Crippen LogP contribution in [0, 0.1) is 0 Å². The number of nitrogens with two attached hydrogens (primary N) is 1. The fraction of sp³-hybridized carbons (Fsp3) is 0.889. The Morgan fingerprint density at radius 1 is 1.38 bits per heavy atom. The number of likely N-dealkylation sites (N-methyl/N-ethyl adjacent to an activating group) is 1. The van der Waals surface area contributed by atoms with Gasteiger partial charge >= 0.3 is 0 Å². The SMILES string of the molecule is CNC(C)(COC(C)(C)C)C(N)=O. The molecule has 3 N–H and O–H groups in total. The average Bonchev–Trinajstić information content (AvgIpc) is 1.98. The zero-order valence-electron chi connectivity index (χ0n) is 9.10. The first kappa shape index (κ1) is 12.4. The molecule has 1 amide bonds. The van der Waals surface area contributed by atoms with Crippen LogP contribution in [0.3, 0.4) is 0 Å². The van der Waals surface area contributed by atoms with E-state index in [1.54, 1.807) is 14.0 Å². The van der Waals surface area contributed by atoms with Crippen molar-refractivity contribution in [1.82, 2.24) is 5.32 Å². The number of hydrogen-bond donors (Lipinski definition) is 2. The predicted octanol–water partition coefficient (Wildman–Crippen LogP) is 0.265. The Hall–Kier alpha value is -0.610. The lowest BCUT2D eigenvalue weighted by Crippen LogP contribution is -2.55. The fourth-order valence-electron chi connectivity index (χ4n) is 0.627. The lowest BCUT2D eigenvalue weighted by Gasteiger charge is -2.29. The number of rotatable bonds is 4. The molecule has 0 fully saturated rings. The van der Waals surface area contributed by atoms with Crippen LogP contribution in [0.4, 0.5) is 0 Å². The Labute approximate surface area is 79.8 Å². The number of carbonyl (C=O) groups excluding carboxylic acids is 1. The van der Waals surface area contributed by atoms with Gasteiger partial charge in [0.1, 0.15) is 5.54 Å². The van der Waals surface area contributed by atoms with Crippen molar-refractivity contribution in [3.63, 3.8) is 0 Å². The summed E-state index contributed by atoms with van der Waals surface area (Å²) in [7, 11) is 1.69. The summed E-state index contributed by atoms with van der Waals surface area (Å²) in [6.07, 6.45) is 0. The lowest BCUT2D eigenvalue weighted by atomic mass is 10.0. The van der Waals surface area contributed by atoms with Gasteiger partial charge in [0.15, 0.2) is 0 Å². The summed E-state index contributed by atoms with van der Waals surface area (Å²) in [4.78, 5) is 11.0. The summed E-state index contributed by atoms with van der Waals surface area (Å²) >= 11 is 0. The topological polar surface area (TPSA) is 64.3 Å². The highest BCUT2D eigenvalue weighted by Gasteiger charge is 2.31. The Morgan fingerprint density at radius 2 is 1.85 bits per heavy atom. The van der Waals surface area contributed by atoms with E-state index in [2.05, 4.69) is 5.32 Å². The molecule has 13 heavy (non-hydrogen) atoms. The summed E-state index contributed by atoms with van der Waals surface area (Å²) in [5, 5.41) is 2.85. The molecule has 78 valence electrons. The summed E-state index contributed by atoms with van der Waals surface area (Å²) < 4.78 is 5.48. The molecule has 4 nitrogen and oxygen atoms in total. The van der Waals surface area contributed by atoms with Crippen LogP contribution in [0.1, 0.15) is 27.7 Å². The summed E-state index contributed by atoms with van der Waals surface area (Å²) in [5.74, 6) is -0.403. The quantitative estimate of drug-likeness (QED) is 0.665. The molecule has 0 rings (SSSR count). The maximum absolute atomic E-state index is 11.0. The van der Waals surface area contributed by atoms with Crippen LogP contribution in [0.15, 0.2) is 0 Å². The molecule has 4 heteroatoms. The van der Waals surface area contributed by atoms with Crippen LogP contribution in [0.25, 0.3) is 0 Å². The van der Waals surface area contributed by atoms with Gasteiger partial charge in [-0.2, -0.15) is 0 Å². The third-order valence-electron chi connectivity index (χ3n) is 1.89. The number of ether oxygens (including phenoxy) is 1. The normalized spacial score (nSPS) is 16.7. The number of hydrogen-bond acceptors (Lipinski definition) is 3. The Kier molecular flexibility index (Phi) is 3.88. The van der Waals surface area contributed by atoms with Gasteiger partial charge in [-0.1, -0.05) is 0 Å². The molecule has 0 aliphatic heterocycles. The second-order valence-corrected chi connectivity index (χ2v) is 4.35. The van der Waals surface area contributed by atoms with Gasteiger partial charge in [-0.05, 0) is 34.7 Å². The molecular weight excluding hydrogens is 168 g/mol. The van der Waals surface area contributed by atoms with Gasteiger partial charge in [0.05, 0.1) is 12.2 Å². The average molecular weight is 188 g/mol. The van der Waals surface area contributed by atoms with Gasteiger partial charge in [-0.15, -0.1) is 0 Å². The number of primary amides is 1. The van der Waals surface area contributed by atoms with E-state index in [1.165, 1.54) is 0 Å².